The fourth-order valence-electron chi connectivity index (χ4n) is 2.00. The number of aryl methyl sites for hydroxylation is 1. The maximum Gasteiger partial charge on any atom is 0.142 e. The number of para-hydroxylation sites is 2. The maximum absolute atomic E-state index is 5.76. The standard InChI is InChI=1S/C18H23NO2/c1-3-20-12-13-21-18-7-5-4-6-17(18)19-14-16-10-8-15(2)9-11-16/h4-11,19H,3,12-14H2,1-2H3. The predicted octanol–water partition coefficient (Wildman–Crippen LogP) is 4.02. The Morgan fingerprint density at radius 1 is 0.952 bits per heavy atom. The Bertz CT molecular complexity index is 537. The van der Waals surface area contributed by atoms with Gasteiger partial charge in [0.05, 0.1) is 12.3 Å². The summed E-state index contributed by atoms with van der Waals surface area (Å²) in [5.74, 6) is 0.865. The zero-order chi connectivity index (χ0) is 14.9. The van der Waals surface area contributed by atoms with Gasteiger partial charge in [0.2, 0.25) is 0 Å². The van der Waals surface area contributed by atoms with Crippen molar-refractivity contribution in [2.75, 3.05) is 25.1 Å². The van der Waals surface area contributed by atoms with E-state index in [1.165, 1.54) is 11.1 Å². The molecule has 0 fully saturated rings. The average Bonchev–Trinajstić information content (AvgIpc) is 2.52. The molecule has 0 aromatic heterocycles. The average molecular weight is 285 g/mol. The number of hydrogen-bond acceptors (Lipinski definition) is 3. The van der Waals surface area contributed by atoms with Gasteiger partial charge in [-0.3, -0.25) is 0 Å². The molecule has 2 rings (SSSR count). The van der Waals surface area contributed by atoms with Crippen molar-refractivity contribution in [2.45, 2.75) is 20.4 Å². The third kappa shape index (κ3) is 5.12. The SMILES string of the molecule is CCOCCOc1ccccc1NCc1ccc(C)cc1. The summed E-state index contributed by atoms with van der Waals surface area (Å²) in [6, 6.07) is 16.5. The maximum atomic E-state index is 5.76. The summed E-state index contributed by atoms with van der Waals surface area (Å²) in [6.07, 6.45) is 0. The molecule has 0 spiro atoms. The van der Waals surface area contributed by atoms with Crippen molar-refractivity contribution >= 4 is 5.69 Å². The number of anilines is 1. The molecule has 0 atom stereocenters. The Hall–Kier alpha value is -2.00. The third-order valence-electron chi connectivity index (χ3n) is 3.18. The van der Waals surface area contributed by atoms with Crippen LogP contribution in [0.1, 0.15) is 18.1 Å². The zero-order valence-corrected chi connectivity index (χ0v) is 12.8. The molecule has 0 bridgehead atoms. The van der Waals surface area contributed by atoms with Crippen LogP contribution in [0.4, 0.5) is 5.69 Å². The van der Waals surface area contributed by atoms with E-state index in [-0.39, 0.29) is 0 Å². The Morgan fingerprint density at radius 2 is 1.71 bits per heavy atom. The van der Waals surface area contributed by atoms with Crippen LogP contribution in [0.25, 0.3) is 0 Å². The molecule has 0 saturated carbocycles. The minimum Gasteiger partial charge on any atom is -0.489 e. The van der Waals surface area contributed by atoms with Gasteiger partial charge in [0, 0.05) is 13.2 Å². The molecule has 2 aromatic rings. The molecule has 2 aromatic carbocycles. The summed E-state index contributed by atoms with van der Waals surface area (Å²) in [7, 11) is 0. The smallest absolute Gasteiger partial charge is 0.142 e. The van der Waals surface area contributed by atoms with Crippen LogP contribution in [-0.4, -0.2) is 19.8 Å². The van der Waals surface area contributed by atoms with Crippen molar-refractivity contribution in [2.24, 2.45) is 0 Å². The van der Waals surface area contributed by atoms with E-state index in [4.69, 9.17) is 9.47 Å². The highest BCUT2D eigenvalue weighted by Crippen LogP contribution is 2.24. The van der Waals surface area contributed by atoms with Gasteiger partial charge in [-0.1, -0.05) is 42.0 Å². The van der Waals surface area contributed by atoms with E-state index >= 15 is 0 Å². The molecule has 1 N–H and O–H groups in total. The van der Waals surface area contributed by atoms with Gasteiger partial charge in [0.25, 0.3) is 0 Å². The molecule has 3 heteroatoms. The first-order valence-electron chi connectivity index (χ1n) is 7.38. The molecule has 0 radical (unpaired) electrons. The van der Waals surface area contributed by atoms with Crippen LogP contribution in [-0.2, 0) is 11.3 Å². The van der Waals surface area contributed by atoms with Gasteiger partial charge in [-0.2, -0.15) is 0 Å². The molecule has 0 aliphatic heterocycles. The lowest BCUT2D eigenvalue weighted by molar-refractivity contribution is 0.110. The van der Waals surface area contributed by atoms with E-state index in [9.17, 15) is 0 Å². The summed E-state index contributed by atoms with van der Waals surface area (Å²) in [5, 5.41) is 3.42. The van der Waals surface area contributed by atoms with Gasteiger partial charge < -0.3 is 14.8 Å². The van der Waals surface area contributed by atoms with Gasteiger partial charge in [-0.15, -0.1) is 0 Å². The van der Waals surface area contributed by atoms with Crippen LogP contribution in [0.3, 0.4) is 0 Å². The van der Waals surface area contributed by atoms with Crippen LogP contribution in [0.2, 0.25) is 0 Å². The molecule has 0 aliphatic carbocycles. The van der Waals surface area contributed by atoms with E-state index in [1.54, 1.807) is 0 Å². The zero-order valence-electron chi connectivity index (χ0n) is 12.8. The number of benzene rings is 2. The number of ether oxygens (including phenoxy) is 2. The van der Waals surface area contributed by atoms with Gasteiger partial charge >= 0.3 is 0 Å². The fourth-order valence-corrected chi connectivity index (χ4v) is 2.00. The minimum absolute atomic E-state index is 0.567. The summed E-state index contributed by atoms with van der Waals surface area (Å²) >= 11 is 0. The van der Waals surface area contributed by atoms with Gasteiger partial charge in [-0.25, -0.2) is 0 Å². The fraction of sp³-hybridized carbons (Fsp3) is 0.333. The quantitative estimate of drug-likeness (QED) is 0.743. The van der Waals surface area contributed by atoms with E-state index in [0.29, 0.717) is 13.2 Å². The number of rotatable bonds is 8. The van der Waals surface area contributed by atoms with Crippen molar-refractivity contribution in [1.82, 2.24) is 0 Å². The minimum atomic E-state index is 0.567. The number of hydrogen-bond donors (Lipinski definition) is 1. The van der Waals surface area contributed by atoms with Crippen LogP contribution in [0, 0.1) is 6.92 Å². The van der Waals surface area contributed by atoms with Crippen LogP contribution in [0.5, 0.6) is 5.75 Å². The van der Waals surface area contributed by atoms with E-state index in [0.717, 1.165) is 24.6 Å². The van der Waals surface area contributed by atoms with Gasteiger partial charge in [0.1, 0.15) is 12.4 Å². The molecule has 3 nitrogen and oxygen atoms in total. The van der Waals surface area contributed by atoms with Crippen LogP contribution in [0.15, 0.2) is 48.5 Å². The van der Waals surface area contributed by atoms with Crippen molar-refractivity contribution in [3.63, 3.8) is 0 Å². The normalized spacial score (nSPS) is 10.4. The van der Waals surface area contributed by atoms with E-state index in [1.807, 2.05) is 31.2 Å². The molecule has 0 amide bonds. The second kappa shape index (κ2) is 8.32. The first-order chi connectivity index (χ1) is 10.3. The molecule has 0 heterocycles. The van der Waals surface area contributed by atoms with Crippen LogP contribution < -0.4 is 10.1 Å². The number of nitrogens with one attached hydrogen (secondary N) is 1. The Morgan fingerprint density at radius 3 is 2.48 bits per heavy atom. The van der Waals surface area contributed by atoms with Crippen molar-refractivity contribution in [3.05, 3.63) is 59.7 Å². The first-order valence-corrected chi connectivity index (χ1v) is 7.38. The third-order valence-corrected chi connectivity index (χ3v) is 3.18. The monoisotopic (exact) mass is 285 g/mol. The van der Waals surface area contributed by atoms with Crippen molar-refractivity contribution < 1.29 is 9.47 Å². The lowest BCUT2D eigenvalue weighted by Gasteiger charge is -2.13. The molecule has 112 valence electrons. The lowest BCUT2D eigenvalue weighted by atomic mass is 10.1. The highest BCUT2D eigenvalue weighted by atomic mass is 16.5. The molecular formula is C18H23NO2. The largest absolute Gasteiger partial charge is 0.489 e. The van der Waals surface area contributed by atoms with Crippen LogP contribution >= 0.6 is 0 Å². The second-order valence-electron chi connectivity index (χ2n) is 4.88. The molecule has 21 heavy (non-hydrogen) atoms. The first kappa shape index (κ1) is 15.4. The highest BCUT2D eigenvalue weighted by molar-refractivity contribution is 5.56. The summed E-state index contributed by atoms with van der Waals surface area (Å²) < 4.78 is 11.0. The Labute approximate surface area is 126 Å². The lowest BCUT2D eigenvalue weighted by Crippen LogP contribution is -2.08. The molecule has 0 aliphatic rings. The van der Waals surface area contributed by atoms with Crippen molar-refractivity contribution in [3.8, 4) is 5.75 Å². The van der Waals surface area contributed by atoms with E-state index in [2.05, 4.69) is 36.5 Å². The molecule has 0 saturated heterocycles. The molecular weight excluding hydrogens is 262 g/mol. The van der Waals surface area contributed by atoms with Crippen molar-refractivity contribution in [1.29, 1.82) is 0 Å². The Kier molecular flexibility index (Phi) is 6.10. The second-order valence-corrected chi connectivity index (χ2v) is 4.88. The van der Waals surface area contributed by atoms with E-state index < -0.39 is 0 Å². The van der Waals surface area contributed by atoms with Gasteiger partial charge in [-0.05, 0) is 31.5 Å². The Balaban J connectivity index is 1.91. The molecule has 0 unspecified atom stereocenters. The summed E-state index contributed by atoms with van der Waals surface area (Å²) in [6.45, 7) is 6.76. The summed E-state index contributed by atoms with van der Waals surface area (Å²) in [4.78, 5) is 0. The summed E-state index contributed by atoms with van der Waals surface area (Å²) in [5.41, 5.74) is 3.54. The topological polar surface area (TPSA) is 30.5 Å². The highest BCUT2D eigenvalue weighted by Gasteiger charge is 2.02. The predicted molar refractivity (Wildman–Crippen MR) is 86.9 cm³/mol. The van der Waals surface area contributed by atoms with Gasteiger partial charge in [0.15, 0.2) is 0 Å².